The number of ether oxygens (including phenoxy) is 1. The summed E-state index contributed by atoms with van der Waals surface area (Å²) < 4.78 is 5.15. The van der Waals surface area contributed by atoms with Crippen LogP contribution >= 0.6 is 0 Å². The quantitative estimate of drug-likeness (QED) is 0.816. The molecule has 0 radical (unpaired) electrons. The Morgan fingerprint density at radius 1 is 1.29 bits per heavy atom. The van der Waals surface area contributed by atoms with E-state index in [0.717, 1.165) is 5.56 Å². The fourth-order valence-electron chi connectivity index (χ4n) is 1.53. The molecule has 17 heavy (non-hydrogen) atoms. The lowest BCUT2D eigenvalue weighted by Crippen LogP contribution is -2.27. The van der Waals surface area contributed by atoms with Crippen LogP contribution in [0.25, 0.3) is 0 Å². The second-order valence-electron chi connectivity index (χ2n) is 5.13. The number of esters is 1. The second-order valence-corrected chi connectivity index (χ2v) is 5.13. The number of carbonyl (C=O) groups is 1. The Balaban J connectivity index is 2.40. The van der Waals surface area contributed by atoms with Crippen LogP contribution in [0, 0.1) is 0 Å². The van der Waals surface area contributed by atoms with Gasteiger partial charge in [-0.05, 0) is 32.8 Å². The number of rotatable bonds is 4. The lowest BCUT2D eigenvalue weighted by molar-refractivity contribution is -0.157. The van der Waals surface area contributed by atoms with Gasteiger partial charge in [0, 0.05) is 0 Å². The summed E-state index contributed by atoms with van der Waals surface area (Å²) in [5, 5.41) is 9.77. The maximum Gasteiger partial charge on any atom is 0.308 e. The van der Waals surface area contributed by atoms with Crippen molar-refractivity contribution in [3.63, 3.8) is 0 Å². The Kier molecular flexibility index (Phi) is 4.70. The highest BCUT2D eigenvalue weighted by molar-refractivity contribution is 5.70. The van der Waals surface area contributed by atoms with E-state index in [0.29, 0.717) is 6.42 Å². The monoisotopic (exact) mass is 236 g/mol. The largest absolute Gasteiger partial charge is 0.460 e. The van der Waals surface area contributed by atoms with Crippen LogP contribution < -0.4 is 0 Å². The molecule has 3 heteroatoms. The maximum atomic E-state index is 11.5. The average molecular weight is 236 g/mol. The molecule has 0 bridgehead atoms. The summed E-state index contributed by atoms with van der Waals surface area (Å²) in [7, 11) is 0. The predicted octanol–water partition coefficient (Wildman–Crippen LogP) is 2.32. The van der Waals surface area contributed by atoms with Crippen LogP contribution in [0.4, 0.5) is 0 Å². The first kappa shape index (κ1) is 13.7. The van der Waals surface area contributed by atoms with Gasteiger partial charge in [0.25, 0.3) is 0 Å². The molecular formula is C14H20O3. The van der Waals surface area contributed by atoms with E-state index < -0.39 is 11.7 Å². The first-order valence-electron chi connectivity index (χ1n) is 5.80. The van der Waals surface area contributed by atoms with E-state index in [1.54, 1.807) is 0 Å². The van der Waals surface area contributed by atoms with Gasteiger partial charge in [-0.1, -0.05) is 30.3 Å². The minimum atomic E-state index is -0.688. The van der Waals surface area contributed by atoms with Crippen molar-refractivity contribution >= 4 is 5.97 Å². The Morgan fingerprint density at radius 3 is 2.41 bits per heavy atom. The Labute approximate surface area is 102 Å². The zero-order chi connectivity index (χ0) is 12.9. The number of benzene rings is 1. The van der Waals surface area contributed by atoms with Crippen LogP contribution in [0.2, 0.25) is 0 Å². The molecule has 0 spiro atoms. The summed E-state index contributed by atoms with van der Waals surface area (Å²) in [4.78, 5) is 11.5. The van der Waals surface area contributed by atoms with Gasteiger partial charge >= 0.3 is 5.97 Å². The third-order valence-electron chi connectivity index (χ3n) is 2.14. The molecule has 1 atom stereocenters. The fourth-order valence-corrected chi connectivity index (χ4v) is 1.53. The standard InChI is InChI=1S/C14H20O3/c1-14(2,3)17-13(16)10-12(15)9-11-7-5-4-6-8-11/h4-8,12,15H,9-10H2,1-3H3. The van der Waals surface area contributed by atoms with Crippen molar-refractivity contribution in [3.05, 3.63) is 35.9 Å². The van der Waals surface area contributed by atoms with Crippen molar-refractivity contribution in [1.82, 2.24) is 0 Å². The summed E-state index contributed by atoms with van der Waals surface area (Å²) in [5.41, 5.74) is 0.521. The third kappa shape index (κ3) is 6.07. The van der Waals surface area contributed by atoms with Gasteiger partial charge in [-0.3, -0.25) is 4.79 Å². The molecule has 0 fully saturated rings. The molecular weight excluding hydrogens is 216 g/mol. The zero-order valence-electron chi connectivity index (χ0n) is 10.6. The van der Waals surface area contributed by atoms with E-state index in [1.165, 1.54) is 0 Å². The molecule has 0 heterocycles. The number of aliphatic hydroxyl groups is 1. The molecule has 0 saturated carbocycles. The third-order valence-corrected chi connectivity index (χ3v) is 2.14. The highest BCUT2D eigenvalue weighted by Gasteiger charge is 2.19. The molecule has 1 rings (SSSR count). The van der Waals surface area contributed by atoms with E-state index in [1.807, 2.05) is 51.1 Å². The van der Waals surface area contributed by atoms with Gasteiger partial charge < -0.3 is 9.84 Å². The topological polar surface area (TPSA) is 46.5 Å². The van der Waals surface area contributed by atoms with Gasteiger partial charge in [0.05, 0.1) is 12.5 Å². The second kappa shape index (κ2) is 5.82. The van der Waals surface area contributed by atoms with Crippen molar-refractivity contribution in [3.8, 4) is 0 Å². The molecule has 0 amide bonds. The van der Waals surface area contributed by atoms with Crippen molar-refractivity contribution in [2.45, 2.75) is 45.3 Å². The van der Waals surface area contributed by atoms with E-state index >= 15 is 0 Å². The lowest BCUT2D eigenvalue weighted by Gasteiger charge is -2.20. The molecule has 1 aromatic carbocycles. The van der Waals surface area contributed by atoms with Gasteiger partial charge in [0.2, 0.25) is 0 Å². The van der Waals surface area contributed by atoms with Gasteiger partial charge in [-0.25, -0.2) is 0 Å². The van der Waals surface area contributed by atoms with Crippen molar-refractivity contribution in [2.75, 3.05) is 0 Å². The van der Waals surface area contributed by atoms with Gasteiger partial charge in [-0.2, -0.15) is 0 Å². The van der Waals surface area contributed by atoms with Crippen LogP contribution in [-0.4, -0.2) is 22.8 Å². The van der Waals surface area contributed by atoms with Crippen LogP contribution in [-0.2, 0) is 16.0 Å². The highest BCUT2D eigenvalue weighted by Crippen LogP contribution is 2.11. The van der Waals surface area contributed by atoms with E-state index in [9.17, 15) is 9.90 Å². The number of hydrogen-bond donors (Lipinski definition) is 1. The Morgan fingerprint density at radius 2 is 1.88 bits per heavy atom. The summed E-state index contributed by atoms with van der Waals surface area (Å²) in [6.07, 6.45) is -0.182. The first-order chi connectivity index (χ1) is 7.87. The molecule has 94 valence electrons. The van der Waals surface area contributed by atoms with Gasteiger partial charge in [-0.15, -0.1) is 0 Å². The molecule has 0 saturated heterocycles. The minimum absolute atomic E-state index is 0.0339. The maximum absolute atomic E-state index is 11.5. The molecule has 0 aliphatic rings. The van der Waals surface area contributed by atoms with Crippen molar-refractivity contribution < 1.29 is 14.6 Å². The number of hydrogen-bond acceptors (Lipinski definition) is 3. The van der Waals surface area contributed by atoms with Crippen LogP contribution in [0.15, 0.2) is 30.3 Å². The lowest BCUT2D eigenvalue weighted by atomic mass is 10.1. The fraction of sp³-hybridized carbons (Fsp3) is 0.500. The predicted molar refractivity (Wildman–Crippen MR) is 66.6 cm³/mol. The minimum Gasteiger partial charge on any atom is -0.460 e. The van der Waals surface area contributed by atoms with Crippen LogP contribution in [0.3, 0.4) is 0 Å². The highest BCUT2D eigenvalue weighted by atomic mass is 16.6. The summed E-state index contributed by atoms with van der Waals surface area (Å²) >= 11 is 0. The smallest absolute Gasteiger partial charge is 0.308 e. The van der Waals surface area contributed by atoms with Crippen molar-refractivity contribution in [1.29, 1.82) is 0 Å². The van der Waals surface area contributed by atoms with Gasteiger partial charge in [0.1, 0.15) is 5.60 Å². The van der Waals surface area contributed by atoms with Crippen LogP contribution in [0.5, 0.6) is 0 Å². The van der Waals surface area contributed by atoms with E-state index in [-0.39, 0.29) is 12.4 Å². The van der Waals surface area contributed by atoms with Crippen molar-refractivity contribution in [2.24, 2.45) is 0 Å². The Hall–Kier alpha value is -1.35. The van der Waals surface area contributed by atoms with E-state index in [4.69, 9.17) is 4.74 Å². The molecule has 1 unspecified atom stereocenters. The summed E-state index contributed by atoms with van der Waals surface area (Å²) in [6, 6.07) is 9.60. The molecule has 1 aromatic rings. The number of aliphatic hydroxyl groups excluding tert-OH is 1. The number of carbonyl (C=O) groups excluding carboxylic acids is 1. The summed E-state index contributed by atoms with van der Waals surface area (Å²) in [6.45, 7) is 5.44. The average Bonchev–Trinajstić information content (AvgIpc) is 2.15. The molecule has 0 aliphatic heterocycles. The molecule has 1 N–H and O–H groups in total. The summed E-state index contributed by atoms with van der Waals surface area (Å²) in [5.74, 6) is -0.360. The van der Waals surface area contributed by atoms with Crippen LogP contribution in [0.1, 0.15) is 32.8 Å². The zero-order valence-corrected chi connectivity index (χ0v) is 10.6. The van der Waals surface area contributed by atoms with E-state index in [2.05, 4.69) is 0 Å². The SMILES string of the molecule is CC(C)(C)OC(=O)CC(O)Cc1ccccc1. The molecule has 0 aliphatic carbocycles. The Bertz CT molecular complexity index is 351. The normalized spacial score (nSPS) is 13.2. The molecule has 0 aromatic heterocycles. The van der Waals surface area contributed by atoms with Gasteiger partial charge in [0.15, 0.2) is 0 Å². The molecule has 3 nitrogen and oxygen atoms in total. The first-order valence-corrected chi connectivity index (χ1v) is 5.80.